The van der Waals surface area contributed by atoms with Crippen LogP contribution in [0, 0.1) is 6.92 Å². The maximum atomic E-state index is 12.8. The Labute approximate surface area is 123 Å². The third kappa shape index (κ3) is 3.96. The third-order valence-electron chi connectivity index (χ3n) is 3.49. The molecule has 4 nitrogen and oxygen atoms in total. The largest absolute Gasteiger partial charge is 0.399 e. The number of nitrogens with zero attached hydrogens (tertiary/aromatic N) is 1. The molecule has 114 valence electrons. The topological polar surface area (TPSA) is 63.4 Å². The minimum Gasteiger partial charge on any atom is -0.399 e. The van der Waals surface area contributed by atoms with Crippen LogP contribution in [-0.4, -0.2) is 25.3 Å². The number of sulfonamides is 1. The van der Waals surface area contributed by atoms with Crippen LogP contribution in [0.15, 0.2) is 23.1 Å². The Kier molecular flexibility index (Phi) is 6.02. The molecule has 0 radical (unpaired) electrons. The molecule has 0 spiro atoms. The van der Waals surface area contributed by atoms with Crippen LogP contribution in [0.5, 0.6) is 0 Å². The zero-order valence-electron chi connectivity index (χ0n) is 12.9. The van der Waals surface area contributed by atoms with E-state index in [1.165, 1.54) is 0 Å². The molecule has 0 aliphatic heterocycles. The predicted octanol–water partition coefficient (Wildman–Crippen LogP) is 3.17. The maximum absolute atomic E-state index is 12.8. The van der Waals surface area contributed by atoms with Gasteiger partial charge in [-0.15, -0.1) is 0 Å². The minimum absolute atomic E-state index is 0.00622. The first-order valence-corrected chi connectivity index (χ1v) is 8.66. The Hall–Kier alpha value is -1.07. The predicted molar refractivity (Wildman–Crippen MR) is 84.1 cm³/mol. The van der Waals surface area contributed by atoms with Crippen molar-refractivity contribution < 1.29 is 8.42 Å². The van der Waals surface area contributed by atoms with Crippen LogP contribution in [0.1, 0.15) is 45.6 Å². The molecule has 1 unspecified atom stereocenters. The lowest BCUT2D eigenvalue weighted by Crippen LogP contribution is -2.39. The van der Waals surface area contributed by atoms with Crippen molar-refractivity contribution in [3.8, 4) is 0 Å². The van der Waals surface area contributed by atoms with E-state index in [9.17, 15) is 8.42 Å². The van der Waals surface area contributed by atoms with Gasteiger partial charge in [-0.25, -0.2) is 8.42 Å². The first-order chi connectivity index (χ1) is 9.32. The highest BCUT2D eigenvalue weighted by Gasteiger charge is 2.28. The Morgan fingerprint density at radius 2 is 1.90 bits per heavy atom. The summed E-state index contributed by atoms with van der Waals surface area (Å²) >= 11 is 0. The van der Waals surface area contributed by atoms with E-state index >= 15 is 0 Å². The summed E-state index contributed by atoms with van der Waals surface area (Å²) in [4.78, 5) is 0.298. The van der Waals surface area contributed by atoms with Gasteiger partial charge >= 0.3 is 0 Å². The molecule has 0 saturated heterocycles. The number of hydrogen-bond acceptors (Lipinski definition) is 3. The molecule has 1 aromatic rings. The number of anilines is 1. The molecule has 0 aliphatic carbocycles. The van der Waals surface area contributed by atoms with Crippen LogP contribution in [-0.2, 0) is 10.0 Å². The summed E-state index contributed by atoms with van der Waals surface area (Å²) in [5.74, 6) is 0. The molecule has 0 bridgehead atoms. The lowest BCUT2D eigenvalue weighted by atomic mass is 10.2. The van der Waals surface area contributed by atoms with Crippen molar-refractivity contribution in [2.45, 2.75) is 57.9 Å². The first kappa shape index (κ1) is 17.0. The van der Waals surface area contributed by atoms with E-state index in [4.69, 9.17) is 5.73 Å². The van der Waals surface area contributed by atoms with Crippen LogP contribution >= 0.6 is 0 Å². The van der Waals surface area contributed by atoms with E-state index in [-0.39, 0.29) is 6.04 Å². The van der Waals surface area contributed by atoms with Gasteiger partial charge in [0.15, 0.2) is 0 Å². The van der Waals surface area contributed by atoms with Gasteiger partial charge in [-0.2, -0.15) is 4.31 Å². The van der Waals surface area contributed by atoms with Crippen molar-refractivity contribution in [2.75, 3.05) is 12.3 Å². The van der Waals surface area contributed by atoms with Gasteiger partial charge in [0.25, 0.3) is 0 Å². The van der Waals surface area contributed by atoms with Gasteiger partial charge in [-0.05, 0) is 50.5 Å². The highest BCUT2D eigenvalue weighted by atomic mass is 32.2. The van der Waals surface area contributed by atoms with Gasteiger partial charge < -0.3 is 5.73 Å². The quantitative estimate of drug-likeness (QED) is 0.786. The lowest BCUT2D eigenvalue weighted by molar-refractivity contribution is 0.324. The van der Waals surface area contributed by atoms with Crippen molar-refractivity contribution in [3.63, 3.8) is 0 Å². The van der Waals surface area contributed by atoms with Gasteiger partial charge in [-0.1, -0.05) is 20.3 Å². The second-order valence-electron chi connectivity index (χ2n) is 5.31. The molecule has 20 heavy (non-hydrogen) atoms. The summed E-state index contributed by atoms with van der Waals surface area (Å²) < 4.78 is 27.2. The molecule has 0 aromatic heterocycles. The van der Waals surface area contributed by atoms with Crippen molar-refractivity contribution in [1.82, 2.24) is 4.31 Å². The average Bonchev–Trinajstić information content (AvgIpc) is 2.37. The summed E-state index contributed by atoms with van der Waals surface area (Å²) in [5.41, 5.74) is 7.14. The fraction of sp³-hybridized carbons (Fsp3) is 0.600. The highest BCUT2D eigenvalue weighted by molar-refractivity contribution is 7.89. The van der Waals surface area contributed by atoms with E-state index in [1.807, 2.05) is 20.8 Å². The summed E-state index contributed by atoms with van der Waals surface area (Å²) in [7, 11) is -3.48. The number of nitrogens with two attached hydrogens (primary N) is 1. The molecule has 0 fully saturated rings. The second kappa shape index (κ2) is 7.09. The number of nitrogen functional groups attached to an aromatic ring is 1. The zero-order chi connectivity index (χ0) is 15.3. The molecule has 2 N–H and O–H groups in total. The first-order valence-electron chi connectivity index (χ1n) is 7.21. The van der Waals surface area contributed by atoms with Gasteiger partial charge in [0.1, 0.15) is 0 Å². The van der Waals surface area contributed by atoms with Crippen LogP contribution < -0.4 is 5.73 Å². The SMILES string of the molecule is CCCCN(C(C)CC)S(=O)(=O)c1cc(C)cc(N)c1. The smallest absolute Gasteiger partial charge is 0.243 e. The molecular formula is C15H26N2O2S. The average molecular weight is 298 g/mol. The molecule has 5 heteroatoms. The monoisotopic (exact) mass is 298 g/mol. The van der Waals surface area contributed by atoms with E-state index in [0.29, 0.717) is 17.1 Å². The number of rotatable bonds is 7. The van der Waals surface area contributed by atoms with Crippen molar-refractivity contribution in [3.05, 3.63) is 23.8 Å². The molecule has 0 saturated carbocycles. The number of aryl methyl sites for hydroxylation is 1. The summed E-state index contributed by atoms with van der Waals surface area (Å²) in [6, 6.07) is 5.00. The summed E-state index contributed by atoms with van der Waals surface area (Å²) in [5, 5.41) is 0. The standard InChI is InChI=1S/C15H26N2O2S/c1-5-7-8-17(13(4)6-2)20(18,19)15-10-12(3)9-14(16)11-15/h9-11,13H,5-8,16H2,1-4H3. The molecule has 1 aromatic carbocycles. The van der Waals surface area contributed by atoms with Gasteiger partial charge in [0.05, 0.1) is 4.90 Å². The Balaban J connectivity index is 3.21. The highest BCUT2D eigenvalue weighted by Crippen LogP contribution is 2.23. The number of unbranched alkanes of at least 4 members (excludes halogenated alkanes) is 1. The molecule has 0 heterocycles. The van der Waals surface area contributed by atoms with E-state index in [2.05, 4.69) is 6.92 Å². The van der Waals surface area contributed by atoms with Crippen molar-refractivity contribution in [2.24, 2.45) is 0 Å². The van der Waals surface area contributed by atoms with Crippen LogP contribution in [0.25, 0.3) is 0 Å². The Morgan fingerprint density at radius 3 is 2.40 bits per heavy atom. The van der Waals surface area contributed by atoms with Crippen LogP contribution in [0.3, 0.4) is 0 Å². The lowest BCUT2D eigenvalue weighted by Gasteiger charge is -2.28. The normalized spacial score (nSPS) is 13.7. The Bertz CT molecular complexity index is 521. The van der Waals surface area contributed by atoms with E-state index < -0.39 is 10.0 Å². The van der Waals surface area contributed by atoms with Gasteiger partial charge in [-0.3, -0.25) is 0 Å². The second-order valence-corrected chi connectivity index (χ2v) is 7.20. The fourth-order valence-electron chi connectivity index (χ4n) is 2.16. The summed E-state index contributed by atoms with van der Waals surface area (Å²) in [6.07, 6.45) is 2.63. The van der Waals surface area contributed by atoms with E-state index in [1.54, 1.807) is 22.5 Å². The maximum Gasteiger partial charge on any atom is 0.243 e. The molecule has 0 aliphatic rings. The van der Waals surface area contributed by atoms with Gasteiger partial charge in [0, 0.05) is 18.3 Å². The number of benzene rings is 1. The van der Waals surface area contributed by atoms with Crippen molar-refractivity contribution >= 4 is 15.7 Å². The van der Waals surface area contributed by atoms with Crippen molar-refractivity contribution in [1.29, 1.82) is 0 Å². The summed E-state index contributed by atoms with van der Waals surface area (Å²) in [6.45, 7) is 8.43. The molecule has 0 amide bonds. The van der Waals surface area contributed by atoms with Gasteiger partial charge in [0.2, 0.25) is 10.0 Å². The molecule has 1 atom stereocenters. The molecule has 1 rings (SSSR count). The number of hydrogen-bond donors (Lipinski definition) is 1. The zero-order valence-corrected chi connectivity index (χ0v) is 13.7. The van der Waals surface area contributed by atoms with E-state index in [0.717, 1.165) is 24.8 Å². The Morgan fingerprint density at radius 1 is 1.25 bits per heavy atom. The fourth-order valence-corrected chi connectivity index (χ4v) is 4.04. The molecular weight excluding hydrogens is 272 g/mol. The van der Waals surface area contributed by atoms with Crippen LogP contribution in [0.4, 0.5) is 5.69 Å². The van der Waals surface area contributed by atoms with Crippen LogP contribution in [0.2, 0.25) is 0 Å². The third-order valence-corrected chi connectivity index (χ3v) is 5.49. The minimum atomic E-state index is -3.48.